The van der Waals surface area contributed by atoms with E-state index < -0.39 is 0 Å². The molecule has 0 spiro atoms. The van der Waals surface area contributed by atoms with Crippen molar-refractivity contribution in [2.45, 2.75) is 19.5 Å². The summed E-state index contributed by atoms with van der Waals surface area (Å²) in [6.45, 7) is 2.62. The molecule has 0 aliphatic carbocycles. The quantitative estimate of drug-likeness (QED) is 0.727. The van der Waals surface area contributed by atoms with Gasteiger partial charge in [-0.25, -0.2) is 4.39 Å². The Labute approximate surface area is 127 Å². The minimum atomic E-state index is -0.227. The van der Waals surface area contributed by atoms with Gasteiger partial charge in [0.25, 0.3) is 0 Å². The Morgan fingerprint density at radius 1 is 1.14 bits per heavy atom. The van der Waals surface area contributed by atoms with Gasteiger partial charge in [0.1, 0.15) is 11.4 Å². The average Bonchev–Trinajstić information content (AvgIpc) is 2.81. The van der Waals surface area contributed by atoms with Gasteiger partial charge >= 0.3 is 0 Å². The minimum absolute atomic E-state index is 0.0929. The summed E-state index contributed by atoms with van der Waals surface area (Å²) in [5.41, 5.74) is 2.76. The Bertz CT molecular complexity index is 751. The number of hydrogen-bond acceptors (Lipinski definition) is 2. The predicted octanol–water partition coefficient (Wildman–Crippen LogP) is 5.08. The lowest BCUT2D eigenvalue weighted by Crippen LogP contribution is -2.18. The number of hydrogen-bond donors (Lipinski definition) is 1. The smallest absolute Gasteiger partial charge is 0.199 e. The zero-order chi connectivity index (χ0) is 14.8. The summed E-state index contributed by atoms with van der Waals surface area (Å²) in [7, 11) is 0. The van der Waals surface area contributed by atoms with Crippen LogP contribution in [0, 0.1) is 5.82 Å². The van der Waals surface area contributed by atoms with Crippen molar-refractivity contribution in [1.82, 2.24) is 5.32 Å². The molecule has 0 aliphatic heterocycles. The molecule has 0 fully saturated rings. The van der Waals surface area contributed by atoms with Gasteiger partial charge in [0.2, 0.25) is 0 Å². The maximum atomic E-state index is 12.9. The van der Waals surface area contributed by atoms with Gasteiger partial charge in [-0.2, -0.15) is 0 Å². The van der Waals surface area contributed by atoms with Gasteiger partial charge in [-0.15, -0.1) is 0 Å². The molecule has 1 N–H and O–H groups in total. The van der Waals surface area contributed by atoms with Gasteiger partial charge in [-0.3, -0.25) is 0 Å². The SMILES string of the molecule is C[C@@H](NCc1c(Cl)oc2ccccc12)c1ccc(F)cc1. The molecule has 0 aliphatic rings. The van der Waals surface area contributed by atoms with E-state index in [9.17, 15) is 4.39 Å². The standard InChI is InChI=1S/C17H15ClFNO/c1-11(12-6-8-13(19)9-7-12)20-10-15-14-4-2-3-5-16(14)21-17(15)18/h2-9,11,20H,10H2,1H3/t11-/m1/s1. The predicted molar refractivity (Wildman–Crippen MR) is 82.9 cm³/mol. The van der Waals surface area contributed by atoms with E-state index in [1.807, 2.05) is 31.2 Å². The lowest BCUT2D eigenvalue weighted by Gasteiger charge is -2.14. The summed E-state index contributed by atoms with van der Waals surface area (Å²) in [5.74, 6) is -0.227. The Balaban J connectivity index is 1.77. The lowest BCUT2D eigenvalue weighted by atomic mass is 10.1. The Hall–Kier alpha value is -1.84. The number of para-hydroxylation sites is 1. The first-order valence-electron chi connectivity index (χ1n) is 6.80. The number of halogens is 2. The lowest BCUT2D eigenvalue weighted by molar-refractivity contribution is 0.561. The zero-order valence-electron chi connectivity index (χ0n) is 11.6. The summed E-state index contributed by atoms with van der Waals surface area (Å²) in [6.07, 6.45) is 0. The van der Waals surface area contributed by atoms with Crippen LogP contribution in [0.3, 0.4) is 0 Å². The molecule has 0 saturated carbocycles. The van der Waals surface area contributed by atoms with Crippen LogP contribution in [0.5, 0.6) is 0 Å². The van der Waals surface area contributed by atoms with Crippen LogP contribution in [0.25, 0.3) is 11.0 Å². The summed E-state index contributed by atoms with van der Waals surface area (Å²) in [4.78, 5) is 0. The average molecular weight is 304 g/mol. The Kier molecular flexibility index (Phi) is 3.95. The van der Waals surface area contributed by atoms with E-state index in [1.165, 1.54) is 12.1 Å². The van der Waals surface area contributed by atoms with Gasteiger partial charge < -0.3 is 9.73 Å². The highest BCUT2D eigenvalue weighted by atomic mass is 35.5. The number of benzene rings is 2. The first-order valence-corrected chi connectivity index (χ1v) is 7.17. The van der Waals surface area contributed by atoms with E-state index in [1.54, 1.807) is 12.1 Å². The molecule has 1 heterocycles. The van der Waals surface area contributed by atoms with Gasteiger partial charge in [-0.1, -0.05) is 30.3 Å². The van der Waals surface area contributed by atoms with Crippen LogP contribution in [0.15, 0.2) is 52.9 Å². The molecular weight excluding hydrogens is 289 g/mol. The number of fused-ring (bicyclic) bond motifs is 1. The van der Waals surface area contributed by atoms with E-state index in [0.29, 0.717) is 11.8 Å². The van der Waals surface area contributed by atoms with E-state index in [2.05, 4.69) is 5.32 Å². The van der Waals surface area contributed by atoms with Crippen LogP contribution in [0.4, 0.5) is 4.39 Å². The fourth-order valence-electron chi connectivity index (χ4n) is 2.36. The van der Waals surface area contributed by atoms with Crippen molar-refractivity contribution in [2.24, 2.45) is 0 Å². The highest BCUT2D eigenvalue weighted by molar-refractivity contribution is 6.30. The van der Waals surface area contributed by atoms with E-state index in [-0.39, 0.29) is 11.9 Å². The molecule has 108 valence electrons. The highest BCUT2D eigenvalue weighted by Crippen LogP contribution is 2.29. The van der Waals surface area contributed by atoms with Crippen LogP contribution < -0.4 is 5.32 Å². The Morgan fingerprint density at radius 2 is 1.86 bits per heavy atom. The third-order valence-corrected chi connectivity index (χ3v) is 3.91. The molecule has 0 amide bonds. The van der Waals surface area contributed by atoms with Crippen molar-refractivity contribution < 1.29 is 8.81 Å². The normalized spacial score (nSPS) is 12.7. The van der Waals surface area contributed by atoms with Crippen LogP contribution in [0.2, 0.25) is 5.22 Å². The Morgan fingerprint density at radius 3 is 2.62 bits per heavy atom. The summed E-state index contributed by atoms with van der Waals surface area (Å²) in [6, 6.07) is 14.3. The second kappa shape index (κ2) is 5.88. The molecule has 0 unspecified atom stereocenters. The molecule has 0 saturated heterocycles. The minimum Gasteiger partial charge on any atom is -0.444 e. The van der Waals surface area contributed by atoms with Crippen LogP contribution in [-0.2, 0) is 6.54 Å². The first-order chi connectivity index (χ1) is 10.1. The third kappa shape index (κ3) is 2.94. The van der Waals surface area contributed by atoms with Gasteiger partial charge in [0.15, 0.2) is 5.22 Å². The van der Waals surface area contributed by atoms with Gasteiger partial charge in [0.05, 0.1) is 0 Å². The van der Waals surface area contributed by atoms with E-state index in [4.69, 9.17) is 16.0 Å². The van der Waals surface area contributed by atoms with Crippen LogP contribution in [0.1, 0.15) is 24.1 Å². The summed E-state index contributed by atoms with van der Waals surface area (Å²) < 4.78 is 18.5. The van der Waals surface area contributed by atoms with Crippen LogP contribution >= 0.6 is 11.6 Å². The summed E-state index contributed by atoms with van der Waals surface area (Å²) in [5, 5.41) is 4.81. The van der Waals surface area contributed by atoms with Crippen LogP contribution in [-0.4, -0.2) is 0 Å². The molecule has 3 rings (SSSR count). The topological polar surface area (TPSA) is 25.2 Å². The van der Waals surface area contributed by atoms with Crippen molar-refractivity contribution in [3.05, 3.63) is 70.7 Å². The molecule has 1 atom stereocenters. The zero-order valence-corrected chi connectivity index (χ0v) is 12.3. The van der Waals surface area contributed by atoms with E-state index >= 15 is 0 Å². The fourth-order valence-corrected chi connectivity index (χ4v) is 2.61. The van der Waals surface area contributed by atoms with Gasteiger partial charge in [-0.05, 0) is 42.3 Å². The second-order valence-electron chi connectivity index (χ2n) is 5.00. The monoisotopic (exact) mass is 303 g/mol. The largest absolute Gasteiger partial charge is 0.444 e. The molecule has 1 aromatic heterocycles. The summed E-state index contributed by atoms with van der Waals surface area (Å²) >= 11 is 6.16. The number of nitrogens with one attached hydrogen (secondary N) is 1. The third-order valence-electron chi connectivity index (χ3n) is 3.60. The van der Waals surface area contributed by atoms with Gasteiger partial charge in [0, 0.05) is 23.5 Å². The molecule has 2 aromatic carbocycles. The maximum Gasteiger partial charge on any atom is 0.199 e. The number of rotatable bonds is 4. The number of furan rings is 1. The molecule has 21 heavy (non-hydrogen) atoms. The molecular formula is C17H15ClFNO. The van der Waals surface area contributed by atoms with Crippen molar-refractivity contribution in [3.63, 3.8) is 0 Å². The molecule has 2 nitrogen and oxygen atoms in total. The molecule has 3 aromatic rings. The molecule has 4 heteroatoms. The maximum absolute atomic E-state index is 12.9. The van der Waals surface area contributed by atoms with Crippen molar-refractivity contribution in [2.75, 3.05) is 0 Å². The highest BCUT2D eigenvalue weighted by Gasteiger charge is 2.13. The fraction of sp³-hybridized carbons (Fsp3) is 0.176. The van der Waals surface area contributed by atoms with Crippen molar-refractivity contribution in [1.29, 1.82) is 0 Å². The molecule has 0 bridgehead atoms. The van der Waals surface area contributed by atoms with Crippen molar-refractivity contribution in [3.8, 4) is 0 Å². The van der Waals surface area contributed by atoms with Crippen molar-refractivity contribution >= 4 is 22.6 Å². The molecule has 0 radical (unpaired) electrons. The second-order valence-corrected chi connectivity index (χ2v) is 5.35. The van der Waals surface area contributed by atoms with E-state index in [0.717, 1.165) is 22.1 Å². The first kappa shape index (κ1) is 14.1.